The lowest BCUT2D eigenvalue weighted by molar-refractivity contribution is -0.274. The predicted molar refractivity (Wildman–Crippen MR) is 104 cm³/mol. The molecule has 1 saturated heterocycles. The predicted octanol–water partition coefficient (Wildman–Crippen LogP) is 2.77. The molecule has 0 spiro atoms. The Hall–Kier alpha value is -2.63. The van der Waals surface area contributed by atoms with Gasteiger partial charge in [-0.2, -0.15) is 11.3 Å². The van der Waals surface area contributed by atoms with Gasteiger partial charge < -0.3 is 20.1 Å². The zero-order valence-electron chi connectivity index (χ0n) is 15.8. The fraction of sp³-hybridized carbons (Fsp3) is 0.368. The number of nitrogens with zero attached hydrogens (tertiary/aromatic N) is 1. The number of hydrogen-bond donors (Lipinski definition) is 2. The molecule has 162 valence electrons. The first-order valence-corrected chi connectivity index (χ1v) is 10.0. The Bertz CT molecular complexity index is 838. The number of halogens is 3. The molecule has 2 N–H and O–H groups in total. The zero-order chi connectivity index (χ0) is 21.6. The fourth-order valence-corrected chi connectivity index (χ4v) is 3.72. The van der Waals surface area contributed by atoms with Gasteiger partial charge in [0.2, 0.25) is 0 Å². The third-order valence-corrected chi connectivity index (χ3v) is 5.12. The number of nitrogens with one attached hydrogen (secondary N) is 2. The number of carbonyl (C=O) groups is 2. The summed E-state index contributed by atoms with van der Waals surface area (Å²) in [6.45, 7) is 2.87. The maximum absolute atomic E-state index is 12.2. The standard InChI is InChI=1S/C19H20F3N3O4S/c20-19(21,22)29-15-3-1-14(2-4-15)24-18(27)17(26)23-11-16(13-5-10-30-12-13)25-6-8-28-9-7-25/h1-5,10,12,16H,6-9,11H2,(H,23,26)(H,24,27). The molecule has 0 radical (unpaired) electrons. The summed E-state index contributed by atoms with van der Waals surface area (Å²) >= 11 is 1.55. The molecule has 0 bridgehead atoms. The minimum absolute atomic E-state index is 0.0873. The van der Waals surface area contributed by atoms with E-state index in [1.807, 2.05) is 16.8 Å². The Morgan fingerprint density at radius 2 is 1.83 bits per heavy atom. The highest BCUT2D eigenvalue weighted by atomic mass is 32.1. The van der Waals surface area contributed by atoms with Gasteiger partial charge in [0.25, 0.3) is 0 Å². The first-order chi connectivity index (χ1) is 14.3. The van der Waals surface area contributed by atoms with E-state index in [2.05, 4.69) is 20.3 Å². The van der Waals surface area contributed by atoms with E-state index in [-0.39, 0.29) is 18.3 Å². The quantitative estimate of drug-likeness (QED) is 0.672. The molecule has 1 aromatic carbocycles. The van der Waals surface area contributed by atoms with E-state index in [4.69, 9.17) is 4.74 Å². The molecule has 0 aliphatic carbocycles. The van der Waals surface area contributed by atoms with Crippen LogP contribution in [0.25, 0.3) is 0 Å². The van der Waals surface area contributed by atoms with Crippen LogP contribution in [0.2, 0.25) is 0 Å². The van der Waals surface area contributed by atoms with Crippen molar-refractivity contribution in [2.45, 2.75) is 12.4 Å². The zero-order valence-corrected chi connectivity index (χ0v) is 16.6. The number of benzene rings is 1. The number of amides is 2. The number of anilines is 1. The molecular weight excluding hydrogens is 423 g/mol. The third kappa shape index (κ3) is 6.44. The third-order valence-electron chi connectivity index (χ3n) is 4.42. The molecule has 1 atom stereocenters. The Labute approximate surface area is 174 Å². The van der Waals surface area contributed by atoms with E-state index < -0.39 is 23.9 Å². The molecule has 1 aliphatic rings. The lowest BCUT2D eigenvalue weighted by Gasteiger charge is -2.34. The van der Waals surface area contributed by atoms with Crippen LogP contribution in [0.1, 0.15) is 11.6 Å². The van der Waals surface area contributed by atoms with Gasteiger partial charge in [0.05, 0.1) is 19.3 Å². The molecule has 2 heterocycles. The van der Waals surface area contributed by atoms with Gasteiger partial charge in [-0.05, 0) is 46.7 Å². The minimum atomic E-state index is -4.80. The molecular formula is C19H20F3N3O4S. The van der Waals surface area contributed by atoms with Gasteiger partial charge in [-0.25, -0.2) is 0 Å². The van der Waals surface area contributed by atoms with Crippen LogP contribution in [-0.2, 0) is 14.3 Å². The van der Waals surface area contributed by atoms with Crippen molar-refractivity contribution in [3.8, 4) is 5.75 Å². The second-order valence-electron chi connectivity index (χ2n) is 6.46. The number of thiophene rings is 1. The van der Waals surface area contributed by atoms with Gasteiger partial charge >= 0.3 is 18.2 Å². The lowest BCUT2D eigenvalue weighted by atomic mass is 10.1. The van der Waals surface area contributed by atoms with Crippen molar-refractivity contribution in [1.82, 2.24) is 10.2 Å². The van der Waals surface area contributed by atoms with Crippen LogP contribution >= 0.6 is 11.3 Å². The maximum Gasteiger partial charge on any atom is 0.573 e. The number of hydrogen-bond acceptors (Lipinski definition) is 6. The summed E-state index contributed by atoms with van der Waals surface area (Å²) < 4.78 is 45.7. The van der Waals surface area contributed by atoms with Crippen LogP contribution in [0.3, 0.4) is 0 Å². The van der Waals surface area contributed by atoms with Gasteiger partial charge in [-0.15, -0.1) is 13.2 Å². The number of ether oxygens (including phenoxy) is 2. The molecule has 2 aromatic rings. The summed E-state index contributed by atoms with van der Waals surface area (Å²) in [7, 11) is 0. The van der Waals surface area contributed by atoms with Gasteiger partial charge in [0, 0.05) is 25.3 Å². The van der Waals surface area contributed by atoms with Crippen LogP contribution in [0, 0.1) is 0 Å². The Balaban J connectivity index is 1.54. The number of rotatable bonds is 6. The summed E-state index contributed by atoms with van der Waals surface area (Å²) in [5.41, 5.74) is 1.22. The molecule has 2 amide bonds. The van der Waals surface area contributed by atoms with Gasteiger partial charge in [0.15, 0.2) is 0 Å². The topological polar surface area (TPSA) is 79.9 Å². The Morgan fingerprint density at radius 3 is 2.43 bits per heavy atom. The van der Waals surface area contributed by atoms with Crippen LogP contribution in [0.4, 0.5) is 18.9 Å². The van der Waals surface area contributed by atoms with Crippen LogP contribution in [0.5, 0.6) is 5.75 Å². The SMILES string of the molecule is O=C(NCC(c1ccsc1)N1CCOCC1)C(=O)Nc1ccc(OC(F)(F)F)cc1. The van der Waals surface area contributed by atoms with E-state index in [0.29, 0.717) is 13.2 Å². The second kappa shape index (κ2) is 9.92. The van der Waals surface area contributed by atoms with Crippen LogP contribution < -0.4 is 15.4 Å². The summed E-state index contributed by atoms with van der Waals surface area (Å²) in [5.74, 6) is -2.17. The van der Waals surface area contributed by atoms with E-state index >= 15 is 0 Å². The molecule has 30 heavy (non-hydrogen) atoms. The number of carbonyl (C=O) groups excluding carboxylic acids is 2. The molecule has 1 unspecified atom stereocenters. The monoisotopic (exact) mass is 443 g/mol. The van der Waals surface area contributed by atoms with Crippen molar-refractivity contribution in [2.75, 3.05) is 38.2 Å². The average Bonchev–Trinajstić information content (AvgIpc) is 3.23. The van der Waals surface area contributed by atoms with E-state index in [9.17, 15) is 22.8 Å². The Kier molecular flexibility index (Phi) is 7.29. The van der Waals surface area contributed by atoms with Crippen molar-refractivity contribution >= 4 is 28.8 Å². The van der Waals surface area contributed by atoms with E-state index in [1.54, 1.807) is 11.3 Å². The number of alkyl halides is 3. The summed E-state index contributed by atoms with van der Waals surface area (Å²) in [4.78, 5) is 26.5. The average molecular weight is 443 g/mol. The highest BCUT2D eigenvalue weighted by Gasteiger charge is 2.31. The smallest absolute Gasteiger partial charge is 0.406 e. The van der Waals surface area contributed by atoms with E-state index in [1.165, 1.54) is 12.1 Å². The van der Waals surface area contributed by atoms with Crippen molar-refractivity contribution in [2.24, 2.45) is 0 Å². The second-order valence-corrected chi connectivity index (χ2v) is 7.24. The van der Waals surface area contributed by atoms with Crippen molar-refractivity contribution in [1.29, 1.82) is 0 Å². The first kappa shape index (κ1) is 22.1. The van der Waals surface area contributed by atoms with Gasteiger partial charge in [0.1, 0.15) is 5.75 Å². The van der Waals surface area contributed by atoms with Crippen LogP contribution in [-0.4, -0.2) is 55.9 Å². The summed E-state index contributed by atoms with van der Waals surface area (Å²) in [5, 5.41) is 8.92. The highest BCUT2D eigenvalue weighted by molar-refractivity contribution is 7.08. The minimum Gasteiger partial charge on any atom is -0.406 e. The molecule has 11 heteroatoms. The summed E-state index contributed by atoms with van der Waals surface area (Å²) in [6.07, 6.45) is -4.80. The molecule has 0 saturated carbocycles. The maximum atomic E-state index is 12.2. The van der Waals surface area contributed by atoms with E-state index in [0.717, 1.165) is 30.8 Å². The molecule has 3 rings (SSSR count). The molecule has 7 nitrogen and oxygen atoms in total. The lowest BCUT2D eigenvalue weighted by Crippen LogP contribution is -2.45. The highest BCUT2D eigenvalue weighted by Crippen LogP contribution is 2.25. The first-order valence-electron chi connectivity index (χ1n) is 9.11. The number of morpholine rings is 1. The Morgan fingerprint density at radius 1 is 1.13 bits per heavy atom. The molecule has 1 aromatic heterocycles. The summed E-state index contributed by atoms with van der Waals surface area (Å²) in [6, 6.07) is 6.41. The molecule has 1 aliphatic heterocycles. The van der Waals surface area contributed by atoms with Gasteiger partial charge in [-0.3, -0.25) is 14.5 Å². The van der Waals surface area contributed by atoms with Crippen molar-refractivity contribution < 1.29 is 32.2 Å². The van der Waals surface area contributed by atoms with Crippen molar-refractivity contribution in [3.05, 3.63) is 46.7 Å². The van der Waals surface area contributed by atoms with Gasteiger partial charge in [-0.1, -0.05) is 0 Å². The fourth-order valence-electron chi connectivity index (χ4n) is 3.01. The normalized spacial score (nSPS) is 16.0. The molecule has 1 fully saturated rings. The van der Waals surface area contributed by atoms with Crippen LogP contribution in [0.15, 0.2) is 41.1 Å². The largest absolute Gasteiger partial charge is 0.573 e. The van der Waals surface area contributed by atoms with Crippen molar-refractivity contribution in [3.63, 3.8) is 0 Å².